The van der Waals surface area contributed by atoms with Crippen molar-refractivity contribution in [3.8, 4) is 0 Å². The Balaban J connectivity index is 1.72. The Morgan fingerprint density at radius 2 is 1.83 bits per heavy atom. The Morgan fingerprint density at radius 3 is 2.52 bits per heavy atom. The highest BCUT2D eigenvalue weighted by molar-refractivity contribution is 7.89. The fourth-order valence-electron chi connectivity index (χ4n) is 3.15. The molecule has 1 heterocycles. The number of carbonyl (C=O) groups excluding carboxylic acids is 1. The third kappa shape index (κ3) is 5.17. The van der Waals surface area contributed by atoms with Gasteiger partial charge in [0.15, 0.2) is 0 Å². The number of halogens is 1. The molecule has 1 fully saturated rings. The van der Waals surface area contributed by atoms with Gasteiger partial charge in [-0.05, 0) is 35.9 Å². The Hall–Kier alpha value is -1.93. The lowest BCUT2D eigenvalue weighted by atomic mass is 9.84. The number of nitrogens with one attached hydrogen (secondary N) is 1. The van der Waals surface area contributed by atoms with Gasteiger partial charge in [0.25, 0.3) is 5.91 Å². The molecule has 8 heteroatoms. The number of amides is 1. The Labute approximate surface area is 176 Å². The topological polar surface area (TPSA) is 75.7 Å². The molecule has 0 aromatic heterocycles. The summed E-state index contributed by atoms with van der Waals surface area (Å²) >= 11 is 6.08. The molecular weight excluding hydrogens is 412 g/mol. The van der Waals surface area contributed by atoms with Crippen molar-refractivity contribution in [2.45, 2.75) is 24.2 Å². The second-order valence-corrected chi connectivity index (χ2v) is 10.00. The van der Waals surface area contributed by atoms with Gasteiger partial charge in [-0.2, -0.15) is 4.31 Å². The van der Waals surface area contributed by atoms with E-state index in [1.165, 1.54) is 16.4 Å². The van der Waals surface area contributed by atoms with E-state index in [4.69, 9.17) is 16.3 Å². The van der Waals surface area contributed by atoms with Gasteiger partial charge in [0.1, 0.15) is 0 Å². The third-order valence-corrected chi connectivity index (χ3v) is 7.13. The van der Waals surface area contributed by atoms with E-state index >= 15 is 0 Å². The maximum atomic E-state index is 12.8. The minimum atomic E-state index is -3.65. The van der Waals surface area contributed by atoms with E-state index in [0.29, 0.717) is 43.4 Å². The van der Waals surface area contributed by atoms with Crippen molar-refractivity contribution >= 4 is 27.5 Å². The summed E-state index contributed by atoms with van der Waals surface area (Å²) < 4.78 is 32.3. The van der Waals surface area contributed by atoms with Crippen LogP contribution in [0.2, 0.25) is 5.02 Å². The highest BCUT2D eigenvalue weighted by Gasteiger charge is 2.27. The first-order valence-electron chi connectivity index (χ1n) is 9.42. The summed E-state index contributed by atoms with van der Waals surface area (Å²) in [5, 5.41) is 3.55. The summed E-state index contributed by atoms with van der Waals surface area (Å²) in [7, 11) is -3.65. The third-order valence-electron chi connectivity index (χ3n) is 5.00. The van der Waals surface area contributed by atoms with Crippen LogP contribution in [0.15, 0.2) is 53.4 Å². The standard InChI is InChI=1S/C21H25ClN2O4S/c1-21(2,17-6-4-7-18(22)14-17)15-23-20(25)16-5-3-8-19(13-16)29(26,27)24-9-11-28-12-10-24/h3-8,13-14H,9-12,15H2,1-2H3,(H,23,25). The maximum Gasteiger partial charge on any atom is 0.251 e. The molecule has 0 unspecified atom stereocenters. The van der Waals surface area contributed by atoms with Crippen LogP contribution in [0.25, 0.3) is 0 Å². The number of benzene rings is 2. The number of hydrogen-bond acceptors (Lipinski definition) is 4. The quantitative estimate of drug-likeness (QED) is 0.755. The fraction of sp³-hybridized carbons (Fsp3) is 0.381. The van der Waals surface area contributed by atoms with Gasteiger partial charge < -0.3 is 10.1 Å². The number of ether oxygens (including phenoxy) is 1. The largest absolute Gasteiger partial charge is 0.379 e. The molecule has 1 N–H and O–H groups in total. The number of carbonyl (C=O) groups is 1. The summed E-state index contributed by atoms with van der Waals surface area (Å²) in [6.45, 7) is 5.78. The zero-order chi connectivity index (χ0) is 21.1. The van der Waals surface area contributed by atoms with Crippen molar-refractivity contribution in [2.24, 2.45) is 0 Å². The summed E-state index contributed by atoms with van der Waals surface area (Å²) in [5.41, 5.74) is 0.980. The molecule has 0 bridgehead atoms. The predicted octanol–water partition coefficient (Wildman–Crippen LogP) is 3.07. The molecular formula is C21H25ClN2O4S. The van der Waals surface area contributed by atoms with Crippen LogP contribution in [0.3, 0.4) is 0 Å². The summed E-state index contributed by atoms with van der Waals surface area (Å²) in [5.74, 6) is -0.320. The Morgan fingerprint density at radius 1 is 1.14 bits per heavy atom. The second-order valence-electron chi connectivity index (χ2n) is 7.62. The minimum Gasteiger partial charge on any atom is -0.379 e. The van der Waals surface area contributed by atoms with Crippen LogP contribution < -0.4 is 5.32 Å². The summed E-state index contributed by atoms with van der Waals surface area (Å²) in [6, 6.07) is 13.7. The summed E-state index contributed by atoms with van der Waals surface area (Å²) in [4.78, 5) is 12.8. The number of sulfonamides is 1. The van der Waals surface area contributed by atoms with Gasteiger partial charge in [0.2, 0.25) is 10.0 Å². The van der Waals surface area contributed by atoms with Crippen LogP contribution in [0.4, 0.5) is 0 Å². The molecule has 156 valence electrons. The molecule has 0 aliphatic carbocycles. The van der Waals surface area contributed by atoms with Gasteiger partial charge in [0.05, 0.1) is 18.1 Å². The van der Waals surface area contributed by atoms with E-state index in [-0.39, 0.29) is 16.2 Å². The monoisotopic (exact) mass is 436 g/mol. The lowest BCUT2D eigenvalue weighted by Crippen LogP contribution is -2.40. The van der Waals surface area contributed by atoms with Crippen LogP contribution in [0, 0.1) is 0 Å². The highest BCUT2D eigenvalue weighted by atomic mass is 35.5. The molecule has 0 saturated carbocycles. The van der Waals surface area contributed by atoms with Gasteiger partial charge in [-0.3, -0.25) is 4.79 Å². The smallest absolute Gasteiger partial charge is 0.251 e. The maximum absolute atomic E-state index is 12.8. The first-order chi connectivity index (χ1) is 13.7. The highest BCUT2D eigenvalue weighted by Crippen LogP contribution is 2.25. The number of morpholine rings is 1. The molecule has 2 aromatic carbocycles. The van der Waals surface area contributed by atoms with Crippen LogP contribution in [0.5, 0.6) is 0 Å². The van der Waals surface area contributed by atoms with Crippen molar-refractivity contribution in [1.82, 2.24) is 9.62 Å². The molecule has 1 aliphatic heterocycles. The van der Waals surface area contributed by atoms with E-state index in [1.807, 2.05) is 32.0 Å². The van der Waals surface area contributed by atoms with E-state index in [9.17, 15) is 13.2 Å². The lowest BCUT2D eigenvalue weighted by molar-refractivity contribution is 0.0730. The minimum absolute atomic E-state index is 0.112. The molecule has 0 radical (unpaired) electrons. The van der Waals surface area contributed by atoms with Gasteiger partial charge in [0, 0.05) is 35.6 Å². The Bertz CT molecular complexity index is 986. The van der Waals surface area contributed by atoms with Crippen molar-refractivity contribution < 1.29 is 17.9 Å². The molecule has 6 nitrogen and oxygen atoms in total. The molecule has 0 atom stereocenters. The molecule has 29 heavy (non-hydrogen) atoms. The van der Waals surface area contributed by atoms with Gasteiger partial charge in [-0.1, -0.05) is 43.6 Å². The molecule has 1 amide bonds. The van der Waals surface area contributed by atoms with Crippen LogP contribution in [0.1, 0.15) is 29.8 Å². The normalized spacial score (nSPS) is 15.8. The van der Waals surface area contributed by atoms with E-state index < -0.39 is 10.0 Å². The van der Waals surface area contributed by atoms with Crippen LogP contribution in [-0.2, 0) is 20.2 Å². The van der Waals surface area contributed by atoms with E-state index in [2.05, 4.69) is 5.32 Å². The average Bonchev–Trinajstić information content (AvgIpc) is 2.73. The molecule has 0 spiro atoms. The van der Waals surface area contributed by atoms with E-state index in [1.54, 1.807) is 18.2 Å². The van der Waals surface area contributed by atoms with Gasteiger partial charge in [-0.15, -0.1) is 0 Å². The van der Waals surface area contributed by atoms with Crippen LogP contribution >= 0.6 is 11.6 Å². The summed E-state index contributed by atoms with van der Waals surface area (Å²) in [6.07, 6.45) is 0. The predicted molar refractivity (Wildman–Crippen MR) is 113 cm³/mol. The lowest BCUT2D eigenvalue weighted by Gasteiger charge is -2.26. The van der Waals surface area contributed by atoms with Crippen molar-refractivity contribution in [2.75, 3.05) is 32.8 Å². The average molecular weight is 437 g/mol. The van der Waals surface area contributed by atoms with Crippen molar-refractivity contribution in [3.05, 3.63) is 64.7 Å². The zero-order valence-corrected chi connectivity index (χ0v) is 18.1. The first-order valence-corrected chi connectivity index (χ1v) is 11.2. The zero-order valence-electron chi connectivity index (χ0n) is 16.5. The number of nitrogens with zero attached hydrogens (tertiary/aromatic N) is 1. The number of hydrogen-bond donors (Lipinski definition) is 1. The van der Waals surface area contributed by atoms with Crippen molar-refractivity contribution in [1.29, 1.82) is 0 Å². The first kappa shape index (κ1) is 21.8. The fourth-order valence-corrected chi connectivity index (χ4v) is 4.79. The molecule has 1 saturated heterocycles. The number of rotatable bonds is 6. The van der Waals surface area contributed by atoms with E-state index in [0.717, 1.165) is 5.56 Å². The molecule has 3 rings (SSSR count). The molecule has 1 aliphatic rings. The SMILES string of the molecule is CC(C)(CNC(=O)c1cccc(S(=O)(=O)N2CCOCC2)c1)c1cccc(Cl)c1. The second kappa shape index (κ2) is 8.83. The molecule has 2 aromatic rings. The Kier molecular flexibility index (Phi) is 6.63. The van der Waals surface area contributed by atoms with Gasteiger partial charge >= 0.3 is 0 Å². The van der Waals surface area contributed by atoms with Crippen molar-refractivity contribution in [3.63, 3.8) is 0 Å². The van der Waals surface area contributed by atoms with Gasteiger partial charge in [-0.25, -0.2) is 8.42 Å². The van der Waals surface area contributed by atoms with Crippen LogP contribution in [-0.4, -0.2) is 51.5 Å².